The number of aryl methyl sites for hydroxylation is 1. The molecule has 0 bridgehead atoms. The van der Waals surface area contributed by atoms with Crippen LogP contribution in [0.2, 0.25) is 0 Å². The van der Waals surface area contributed by atoms with Gasteiger partial charge in [0.2, 0.25) is 0 Å². The number of aromatic nitrogens is 2. The number of rotatable bonds is 6. The maximum Gasteiger partial charge on any atom is 0.251 e. The summed E-state index contributed by atoms with van der Waals surface area (Å²) in [6.45, 7) is 4.85. The Kier molecular flexibility index (Phi) is 5.53. The Balaban J connectivity index is 1.87. The van der Waals surface area contributed by atoms with Gasteiger partial charge in [-0.3, -0.25) is 9.36 Å². The van der Waals surface area contributed by atoms with Gasteiger partial charge in [-0.05, 0) is 55.8 Å². The minimum atomic E-state index is -0.0335. The summed E-state index contributed by atoms with van der Waals surface area (Å²) in [5.74, 6) is 0.867. The molecule has 0 spiro atoms. The molecule has 0 saturated heterocycles. The van der Waals surface area contributed by atoms with Gasteiger partial charge in [-0.1, -0.05) is 35.7 Å². The summed E-state index contributed by atoms with van der Waals surface area (Å²) >= 11 is 3.46. The molecule has 0 aliphatic carbocycles. The Morgan fingerprint density at radius 1 is 1.16 bits per heavy atom. The van der Waals surface area contributed by atoms with Crippen LogP contribution in [0.15, 0.2) is 46.9 Å². The zero-order valence-corrected chi connectivity index (χ0v) is 16.1. The van der Waals surface area contributed by atoms with Crippen molar-refractivity contribution in [2.24, 2.45) is 0 Å². The number of carbonyl (C=O) groups excluding carboxylic acids is 1. The summed E-state index contributed by atoms with van der Waals surface area (Å²) in [5, 5.41) is 2.98. The van der Waals surface area contributed by atoms with Gasteiger partial charge in [0.05, 0.1) is 11.0 Å². The molecule has 1 amide bonds. The summed E-state index contributed by atoms with van der Waals surface area (Å²) in [4.78, 5) is 16.9. The van der Waals surface area contributed by atoms with Crippen molar-refractivity contribution in [3.05, 3.63) is 58.3 Å². The van der Waals surface area contributed by atoms with Gasteiger partial charge in [0.15, 0.2) is 0 Å². The maximum absolute atomic E-state index is 12.3. The molecule has 0 aliphatic rings. The number of hydrogen-bond acceptors (Lipinski definition) is 2. The van der Waals surface area contributed by atoms with Crippen LogP contribution in [0.1, 0.15) is 42.4 Å². The molecule has 0 unspecified atom stereocenters. The molecule has 5 heteroatoms. The van der Waals surface area contributed by atoms with Crippen molar-refractivity contribution in [3.63, 3.8) is 0 Å². The van der Waals surface area contributed by atoms with Crippen LogP contribution in [0.3, 0.4) is 0 Å². The molecule has 25 heavy (non-hydrogen) atoms. The van der Waals surface area contributed by atoms with E-state index in [2.05, 4.69) is 37.7 Å². The molecule has 3 rings (SSSR count). The van der Waals surface area contributed by atoms with Crippen LogP contribution in [-0.2, 0) is 0 Å². The Morgan fingerprint density at radius 2 is 1.92 bits per heavy atom. The summed E-state index contributed by atoms with van der Waals surface area (Å²) in [7, 11) is 0. The van der Waals surface area contributed by atoms with Crippen molar-refractivity contribution in [2.45, 2.75) is 33.1 Å². The number of halogens is 1. The molecule has 2 aromatic carbocycles. The molecular weight excluding hydrogens is 378 g/mol. The molecular formula is C20H22BrN3O. The SMILES string of the molecule is CCCCCNC(=O)c1ccc2c(c1)nc(C)n2-c1ccc(Br)cc1. The van der Waals surface area contributed by atoms with E-state index in [0.29, 0.717) is 5.56 Å². The molecule has 1 N–H and O–H groups in total. The van der Waals surface area contributed by atoms with Crippen LogP contribution in [-0.4, -0.2) is 22.0 Å². The van der Waals surface area contributed by atoms with E-state index >= 15 is 0 Å². The highest BCUT2D eigenvalue weighted by atomic mass is 79.9. The average molecular weight is 400 g/mol. The smallest absolute Gasteiger partial charge is 0.251 e. The molecule has 0 atom stereocenters. The van der Waals surface area contributed by atoms with Crippen molar-refractivity contribution in [1.82, 2.24) is 14.9 Å². The highest BCUT2D eigenvalue weighted by Crippen LogP contribution is 2.23. The third-order valence-electron chi connectivity index (χ3n) is 4.24. The van der Waals surface area contributed by atoms with Crippen molar-refractivity contribution >= 4 is 32.9 Å². The minimum Gasteiger partial charge on any atom is -0.352 e. The third-order valence-corrected chi connectivity index (χ3v) is 4.76. The van der Waals surface area contributed by atoms with E-state index in [1.54, 1.807) is 0 Å². The summed E-state index contributed by atoms with van der Waals surface area (Å²) in [5.41, 5.74) is 3.55. The number of fused-ring (bicyclic) bond motifs is 1. The van der Waals surface area contributed by atoms with E-state index < -0.39 is 0 Å². The minimum absolute atomic E-state index is 0.0335. The number of amides is 1. The lowest BCUT2D eigenvalue weighted by molar-refractivity contribution is 0.0953. The number of imidazole rings is 1. The normalized spacial score (nSPS) is 11.0. The van der Waals surface area contributed by atoms with E-state index in [1.807, 2.05) is 49.4 Å². The lowest BCUT2D eigenvalue weighted by Gasteiger charge is -2.08. The van der Waals surface area contributed by atoms with Crippen LogP contribution in [0.5, 0.6) is 0 Å². The van der Waals surface area contributed by atoms with E-state index in [1.165, 1.54) is 0 Å². The van der Waals surface area contributed by atoms with Gasteiger partial charge >= 0.3 is 0 Å². The highest BCUT2D eigenvalue weighted by molar-refractivity contribution is 9.10. The zero-order chi connectivity index (χ0) is 17.8. The first-order chi connectivity index (χ1) is 12.1. The molecule has 0 aliphatic heterocycles. The van der Waals surface area contributed by atoms with Crippen LogP contribution < -0.4 is 5.32 Å². The number of benzene rings is 2. The van der Waals surface area contributed by atoms with Crippen molar-refractivity contribution in [2.75, 3.05) is 6.54 Å². The van der Waals surface area contributed by atoms with Crippen molar-refractivity contribution < 1.29 is 4.79 Å². The first kappa shape index (κ1) is 17.7. The lowest BCUT2D eigenvalue weighted by Crippen LogP contribution is -2.24. The lowest BCUT2D eigenvalue weighted by atomic mass is 10.1. The fourth-order valence-electron chi connectivity index (χ4n) is 2.94. The van der Waals surface area contributed by atoms with E-state index in [0.717, 1.165) is 52.8 Å². The zero-order valence-electron chi connectivity index (χ0n) is 14.6. The Hall–Kier alpha value is -2.14. The van der Waals surface area contributed by atoms with Crippen LogP contribution in [0.25, 0.3) is 16.7 Å². The Morgan fingerprint density at radius 3 is 2.64 bits per heavy atom. The number of carbonyl (C=O) groups is 1. The monoisotopic (exact) mass is 399 g/mol. The van der Waals surface area contributed by atoms with Crippen molar-refractivity contribution in [1.29, 1.82) is 0 Å². The van der Waals surface area contributed by atoms with Gasteiger partial charge in [0.25, 0.3) is 5.91 Å². The van der Waals surface area contributed by atoms with E-state index in [4.69, 9.17) is 0 Å². The third kappa shape index (κ3) is 3.93. The molecule has 130 valence electrons. The van der Waals surface area contributed by atoms with Gasteiger partial charge in [-0.2, -0.15) is 0 Å². The fraction of sp³-hybridized carbons (Fsp3) is 0.300. The molecule has 1 heterocycles. The van der Waals surface area contributed by atoms with Gasteiger partial charge < -0.3 is 5.32 Å². The second-order valence-corrected chi connectivity index (χ2v) is 7.05. The summed E-state index contributed by atoms with van der Waals surface area (Å²) < 4.78 is 3.14. The number of unbranched alkanes of at least 4 members (excludes halogenated alkanes) is 2. The van der Waals surface area contributed by atoms with Crippen LogP contribution in [0, 0.1) is 6.92 Å². The molecule has 4 nitrogen and oxygen atoms in total. The van der Waals surface area contributed by atoms with Crippen LogP contribution in [0.4, 0.5) is 0 Å². The molecule has 0 radical (unpaired) electrons. The average Bonchev–Trinajstić information content (AvgIpc) is 2.94. The molecule has 0 fully saturated rings. The standard InChI is InChI=1S/C20H22BrN3O/c1-3-4-5-12-22-20(25)15-6-11-19-18(13-15)23-14(2)24(19)17-9-7-16(21)8-10-17/h6-11,13H,3-5,12H2,1-2H3,(H,22,25). The first-order valence-corrected chi connectivity index (χ1v) is 9.42. The van der Waals surface area contributed by atoms with Gasteiger partial charge in [-0.15, -0.1) is 0 Å². The van der Waals surface area contributed by atoms with Gasteiger partial charge in [0, 0.05) is 22.3 Å². The quantitative estimate of drug-likeness (QED) is 0.591. The predicted octanol–water partition coefficient (Wildman–Crippen LogP) is 5.02. The first-order valence-electron chi connectivity index (χ1n) is 8.63. The molecule has 3 aromatic rings. The second-order valence-electron chi connectivity index (χ2n) is 6.14. The Labute approximate surface area is 156 Å². The number of nitrogens with one attached hydrogen (secondary N) is 1. The largest absolute Gasteiger partial charge is 0.352 e. The fourth-order valence-corrected chi connectivity index (χ4v) is 3.20. The predicted molar refractivity (Wildman–Crippen MR) is 105 cm³/mol. The molecule has 0 saturated carbocycles. The van der Waals surface area contributed by atoms with Gasteiger partial charge in [-0.25, -0.2) is 4.98 Å². The molecule has 1 aromatic heterocycles. The highest BCUT2D eigenvalue weighted by Gasteiger charge is 2.12. The van der Waals surface area contributed by atoms with E-state index in [-0.39, 0.29) is 5.91 Å². The number of nitrogens with zero attached hydrogens (tertiary/aromatic N) is 2. The summed E-state index contributed by atoms with van der Waals surface area (Å²) in [6, 6.07) is 13.8. The summed E-state index contributed by atoms with van der Waals surface area (Å²) in [6.07, 6.45) is 3.30. The topological polar surface area (TPSA) is 46.9 Å². The van der Waals surface area contributed by atoms with Crippen molar-refractivity contribution in [3.8, 4) is 5.69 Å². The van der Waals surface area contributed by atoms with Gasteiger partial charge in [0.1, 0.15) is 5.82 Å². The maximum atomic E-state index is 12.3. The second kappa shape index (κ2) is 7.83. The number of hydrogen-bond donors (Lipinski definition) is 1. The van der Waals surface area contributed by atoms with E-state index in [9.17, 15) is 4.79 Å². The van der Waals surface area contributed by atoms with Crippen LogP contribution >= 0.6 is 15.9 Å². The Bertz CT molecular complexity index is 884.